The van der Waals surface area contributed by atoms with Gasteiger partial charge >= 0.3 is 0 Å². The highest BCUT2D eigenvalue weighted by Crippen LogP contribution is 2.20. The fraction of sp³-hybridized carbons (Fsp3) is 0.250. The van der Waals surface area contributed by atoms with E-state index in [1.54, 1.807) is 7.11 Å². The fourth-order valence-electron chi connectivity index (χ4n) is 0.974. The van der Waals surface area contributed by atoms with E-state index in [4.69, 9.17) is 10.6 Å². The van der Waals surface area contributed by atoms with Gasteiger partial charge in [0, 0.05) is 15.7 Å². The largest absolute Gasteiger partial charge is 0.496 e. The van der Waals surface area contributed by atoms with Gasteiger partial charge < -0.3 is 4.74 Å². The number of rotatable bonds is 3. The lowest BCUT2D eigenvalue weighted by atomic mass is 10.2. The summed E-state index contributed by atoms with van der Waals surface area (Å²) in [7, 11) is 1.66. The van der Waals surface area contributed by atoms with Gasteiger partial charge in [-0.3, -0.25) is 11.3 Å². The van der Waals surface area contributed by atoms with E-state index in [1.807, 2.05) is 18.2 Å². The molecule has 0 fully saturated rings. The van der Waals surface area contributed by atoms with E-state index in [-0.39, 0.29) is 12.4 Å². The summed E-state index contributed by atoms with van der Waals surface area (Å²) in [5, 5.41) is 0. The smallest absolute Gasteiger partial charge is 0.124 e. The van der Waals surface area contributed by atoms with Crippen molar-refractivity contribution in [3.63, 3.8) is 0 Å². The standard InChI is InChI=1S/C8H11IN2O.ClH/c1-12-8-4-7(9)3-2-6(8)5-11-10;/h2-4,11H,5,10H2,1H3;1H. The van der Waals surface area contributed by atoms with Gasteiger partial charge in [0.25, 0.3) is 0 Å². The second-order valence-electron chi connectivity index (χ2n) is 2.34. The first kappa shape index (κ1) is 13.0. The summed E-state index contributed by atoms with van der Waals surface area (Å²) in [6.45, 7) is 0.625. The summed E-state index contributed by atoms with van der Waals surface area (Å²) >= 11 is 2.24. The molecule has 3 N–H and O–H groups in total. The molecule has 0 aliphatic carbocycles. The molecule has 0 spiro atoms. The predicted molar refractivity (Wildman–Crippen MR) is 64.0 cm³/mol. The van der Waals surface area contributed by atoms with Crippen molar-refractivity contribution in [1.29, 1.82) is 0 Å². The van der Waals surface area contributed by atoms with Crippen LogP contribution in [-0.2, 0) is 6.54 Å². The van der Waals surface area contributed by atoms with Crippen molar-refractivity contribution in [2.75, 3.05) is 7.11 Å². The summed E-state index contributed by atoms with van der Waals surface area (Å²) in [4.78, 5) is 0. The number of halogens is 2. The normalized spacial score (nSPS) is 9.15. The van der Waals surface area contributed by atoms with Gasteiger partial charge in [-0.1, -0.05) is 6.07 Å². The third kappa shape index (κ3) is 3.68. The Bertz CT molecular complexity index is 270. The maximum atomic E-state index is 5.21. The van der Waals surface area contributed by atoms with Crippen LogP contribution in [0.4, 0.5) is 0 Å². The Morgan fingerprint density at radius 3 is 2.77 bits per heavy atom. The number of nitrogens with one attached hydrogen (secondary N) is 1. The van der Waals surface area contributed by atoms with E-state index in [0.29, 0.717) is 6.54 Å². The van der Waals surface area contributed by atoms with Crippen molar-refractivity contribution in [1.82, 2.24) is 5.43 Å². The van der Waals surface area contributed by atoms with Crippen LogP contribution in [0.5, 0.6) is 5.75 Å². The summed E-state index contributed by atoms with van der Waals surface area (Å²) in [6, 6.07) is 6.00. The van der Waals surface area contributed by atoms with Gasteiger partial charge in [-0.25, -0.2) is 0 Å². The molecule has 0 bridgehead atoms. The molecule has 1 aromatic carbocycles. The highest BCUT2D eigenvalue weighted by molar-refractivity contribution is 14.1. The minimum absolute atomic E-state index is 0. The van der Waals surface area contributed by atoms with Crippen molar-refractivity contribution >= 4 is 35.0 Å². The lowest BCUT2D eigenvalue weighted by molar-refractivity contribution is 0.407. The molecule has 13 heavy (non-hydrogen) atoms. The van der Waals surface area contributed by atoms with E-state index in [2.05, 4.69) is 28.0 Å². The first-order valence-corrected chi connectivity index (χ1v) is 4.61. The number of ether oxygens (including phenoxy) is 1. The molecule has 3 nitrogen and oxygen atoms in total. The SMILES string of the molecule is COc1cc(I)ccc1CNN.Cl. The Kier molecular flexibility index (Phi) is 6.40. The van der Waals surface area contributed by atoms with Gasteiger partial charge in [0.15, 0.2) is 0 Å². The quantitative estimate of drug-likeness (QED) is 0.507. The fourth-order valence-corrected chi connectivity index (χ4v) is 1.44. The van der Waals surface area contributed by atoms with Gasteiger partial charge in [-0.15, -0.1) is 12.4 Å². The second-order valence-corrected chi connectivity index (χ2v) is 3.58. The number of methoxy groups -OCH3 is 1. The zero-order valence-electron chi connectivity index (χ0n) is 7.21. The monoisotopic (exact) mass is 314 g/mol. The summed E-state index contributed by atoms with van der Waals surface area (Å²) in [6.07, 6.45) is 0. The number of benzene rings is 1. The minimum atomic E-state index is 0. The summed E-state index contributed by atoms with van der Waals surface area (Å²) in [5.41, 5.74) is 3.67. The molecule has 0 saturated heterocycles. The van der Waals surface area contributed by atoms with Crippen LogP contribution >= 0.6 is 35.0 Å². The van der Waals surface area contributed by atoms with Crippen molar-refractivity contribution in [3.05, 3.63) is 27.3 Å². The van der Waals surface area contributed by atoms with E-state index in [9.17, 15) is 0 Å². The molecule has 0 unspecified atom stereocenters. The van der Waals surface area contributed by atoms with Gasteiger partial charge in [-0.05, 0) is 34.7 Å². The zero-order chi connectivity index (χ0) is 8.97. The van der Waals surface area contributed by atoms with Crippen LogP contribution < -0.4 is 16.0 Å². The Balaban J connectivity index is 0.00000144. The first-order valence-electron chi connectivity index (χ1n) is 3.54. The van der Waals surface area contributed by atoms with Crippen molar-refractivity contribution < 1.29 is 4.74 Å². The molecule has 0 aromatic heterocycles. The molecule has 0 saturated carbocycles. The van der Waals surface area contributed by atoms with Crippen molar-refractivity contribution in [2.45, 2.75) is 6.54 Å². The topological polar surface area (TPSA) is 47.3 Å². The van der Waals surface area contributed by atoms with Crippen LogP contribution in [0.3, 0.4) is 0 Å². The summed E-state index contributed by atoms with van der Waals surface area (Å²) in [5.74, 6) is 6.09. The molecule has 0 radical (unpaired) electrons. The Hall–Kier alpha value is -0.0400. The second kappa shape index (κ2) is 6.42. The molecular formula is C8H12ClIN2O. The molecule has 0 heterocycles. The van der Waals surface area contributed by atoms with Crippen molar-refractivity contribution in [2.24, 2.45) is 5.84 Å². The molecule has 0 atom stereocenters. The number of hydrogen-bond donors (Lipinski definition) is 2. The minimum Gasteiger partial charge on any atom is -0.496 e. The van der Waals surface area contributed by atoms with Crippen LogP contribution in [0.15, 0.2) is 18.2 Å². The van der Waals surface area contributed by atoms with Crippen LogP contribution in [0.1, 0.15) is 5.56 Å². The van der Waals surface area contributed by atoms with E-state index < -0.39 is 0 Å². The molecule has 74 valence electrons. The van der Waals surface area contributed by atoms with Gasteiger partial charge in [0.1, 0.15) is 5.75 Å². The molecule has 1 aromatic rings. The maximum Gasteiger partial charge on any atom is 0.124 e. The Morgan fingerprint density at radius 1 is 1.54 bits per heavy atom. The molecule has 0 aliphatic rings. The maximum absolute atomic E-state index is 5.21. The molecular weight excluding hydrogens is 302 g/mol. The Labute approximate surface area is 97.5 Å². The van der Waals surface area contributed by atoms with Crippen molar-refractivity contribution in [3.8, 4) is 5.75 Å². The Morgan fingerprint density at radius 2 is 2.23 bits per heavy atom. The predicted octanol–water partition coefficient (Wildman–Crippen LogP) is 1.68. The third-order valence-corrected chi connectivity index (χ3v) is 2.21. The van der Waals surface area contributed by atoms with E-state index in [0.717, 1.165) is 14.9 Å². The van der Waals surface area contributed by atoms with E-state index in [1.165, 1.54) is 0 Å². The first-order chi connectivity index (χ1) is 5.77. The lowest BCUT2D eigenvalue weighted by Crippen LogP contribution is -2.21. The van der Waals surface area contributed by atoms with Crippen LogP contribution in [0.25, 0.3) is 0 Å². The van der Waals surface area contributed by atoms with Crippen LogP contribution in [0, 0.1) is 3.57 Å². The third-order valence-electron chi connectivity index (χ3n) is 1.54. The average Bonchev–Trinajstić information content (AvgIpc) is 2.08. The molecule has 1 rings (SSSR count). The number of nitrogens with two attached hydrogens (primary N) is 1. The average molecular weight is 315 g/mol. The highest BCUT2D eigenvalue weighted by Gasteiger charge is 2.01. The van der Waals surface area contributed by atoms with Gasteiger partial charge in [-0.2, -0.15) is 0 Å². The van der Waals surface area contributed by atoms with E-state index >= 15 is 0 Å². The van der Waals surface area contributed by atoms with Gasteiger partial charge in [0.05, 0.1) is 7.11 Å². The lowest BCUT2D eigenvalue weighted by Gasteiger charge is -2.07. The summed E-state index contributed by atoms with van der Waals surface area (Å²) < 4.78 is 6.34. The molecule has 0 amide bonds. The molecule has 0 aliphatic heterocycles. The number of hydrogen-bond acceptors (Lipinski definition) is 3. The molecule has 5 heteroatoms. The van der Waals surface area contributed by atoms with Gasteiger partial charge in [0.2, 0.25) is 0 Å². The highest BCUT2D eigenvalue weighted by atomic mass is 127. The van der Waals surface area contributed by atoms with Crippen LogP contribution in [0.2, 0.25) is 0 Å². The zero-order valence-corrected chi connectivity index (χ0v) is 10.2. The number of hydrazine groups is 1. The van der Waals surface area contributed by atoms with Crippen LogP contribution in [-0.4, -0.2) is 7.11 Å².